The van der Waals surface area contributed by atoms with Crippen LogP contribution in [-0.2, 0) is 20.9 Å². The number of likely N-dealkylation sites (N-methyl/N-ethyl adjacent to an activating group) is 1. The smallest absolute Gasteiger partial charge is 0.329 e. The van der Waals surface area contributed by atoms with E-state index in [-0.39, 0.29) is 12.5 Å². The number of halogens is 1. The van der Waals surface area contributed by atoms with Gasteiger partial charge >= 0.3 is 11.8 Å². The maximum Gasteiger partial charge on any atom is 0.329 e. The molecule has 0 atom stereocenters. The Morgan fingerprint density at radius 2 is 1.83 bits per heavy atom. The Morgan fingerprint density at radius 1 is 1.07 bits per heavy atom. The van der Waals surface area contributed by atoms with Crippen molar-refractivity contribution in [1.82, 2.24) is 16.1 Å². The number of carbonyl (C=O) groups excluding carboxylic acids is 3. The van der Waals surface area contributed by atoms with Gasteiger partial charge in [0, 0.05) is 23.7 Å². The molecular weight excluding hydrogens is 396 g/mol. The summed E-state index contributed by atoms with van der Waals surface area (Å²) >= 11 is 5.98. The van der Waals surface area contributed by atoms with Gasteiger partial charge in [-0.1, -0.05) is 41.9 Å². The number of nitrogens with zero attached hydrogens (tertiary/aromatic N) is 1. The summed E-state index contributed by atoms with van der Waals surface area (Å²) < 4.78 is 5.53. The fourth-order valence-corrected chi connectivity index (χ4v) is 2.38. The van der Waals surface area contributed by atoms with Gasteiger partial charge in [-0.2, -0.15) is 5.10 Å². The minimum Gasteiger partial charge on any atom is -0.483 e. The Morgan fingerprint density at radius 3 is 2.55 bits per heavy atom. The highest BCUT2D eigenvalue weighted by Crippen LogP contribution is 2.21. The van der Waals surface area contributed by atoms with Crippen molar-refractivity contribution in [3.05, 3.63) is 64.7 Å². The number of ether oxygens (including phenoxy) is 1. The molecule has 3 N–H and O–H groups in total. The van der Waals surface area contributed by atoms with Crippen molar-refractivity contribution < 1.29 is 19.1 Å². The SMILES string of the molecule is CCNC(=O)C(=O)N/N=C\c1cc(Cl)ccc1OCC(=O)NCc1ccccc1. The number of hydrogen-bond donors (Lipinski definition) is 3. The first-order chi connectivity index (χ1) is 14.0. The summed E-state index contributed by atoms with van der Waals surface area (Å²) in [7, 11) is 0. The maximum absolute atomic E-state index is 12.0. The minimum atomic E-state index is -0.895. The summed E-state index contributed by atoms with van der Waals surface area (Å²) in [6.07, 6.45) is 1.28. The molecule has 2 rings (SSSR count). The van der Waals surface area contributed by atoms with Crippen LogP contribution in [0.2, 0.25) is 5.02 Å². The zero-order valence-corrected chi connectivity index (χ0v) is 16.5. The van der Waals surface area contributed by atoms with E-state index in [2.05, 4.69) is 21.2 Å². The number of nitrogens with one attached hydrogen (secondary N) is 3. The molecule has 8 nitrogen and oxygen atoms in total. The molecule has 0 saturated carbocycles. The van der Waals surface area contributed by atoms with E-state index in [1.165, 1.54) is 6.21 Å². The van der Waals surface area contributed by atoms with E-state index in [1.54, 1.807) is 25.1 Å². The van der Waals surface area contributed by atoms with Gasteiger partial charge in [-0.3, -0.25) is 14.4 Å². The highest BCUT2D eigenvalue weighted by atomic mass is 35.5. The van der Waals surface area contributed by atoms with Crippen LogP contribution in [0.1, 0.15) is 18.1 Å². The van der Waals surface area contributed by atoms with Gasteiger partial charge in [0.25, 0.3) is 5.91 Å². The van der Waals surface area contributed by atoms with Crippen molar-refractivity contribution in [1.29, 1.82) is 0 Å². The van der Waals surface area contributed by atoms with Crippen LogP contribution in [0.25, 0.3) is 0 Å². The van der Waals surface area contributed by atoms with Crippen LogP contribution in [0.5, 0.6) is 5.75 Å². The predicted molar refractivity (Wildman–Crippen MR) is 110 cm³/mol. The third-order valence-corrected chi connectivity index (χ3v) is 3.81. The molecule has 0 unspecified atom stereocenters. The zero-order valence-electron chi connectivity index (χ0n) is 15.8. The van der Waals surface area contributed by atoms with E-state index >= 15 is 0 Å². The molecule has 152 valence electrons. The molecule has 3 amide bonds. The Balaban J connectivity index is 1.91. The van der Waals surface area contributed by atoms with Gasteiger partial charge in [-0.05, 0) is 30.7 Å². The Labute approximate surface area is 173 Å². The second-order valence-corrected chi connectivity index (χ2v) is 6.23. The summed E-state index contributed by atoms with van der Waals surface area (Å²) in [6, 6.07) is 14.2. The van der Waals surface area contributed by atoms with E-state index in [9.17, 15) is 14.4 Å². The number of hydrazone groups is 1. The van der Waals surface area contributed by atoms with Crippen molar-refractivity contribution in [2.75, 3.05) is 13.2 Å². The van der Waals surface area contributed by atoms with E-state index < -0.39 is 11.8 Å². The van der Waals surface area contributed by atoms with E-state index in [0.717, 1.165) is 5.56 Å². The number of benzene rings is 2. The van der Waals surface area contributed by atoms with Gasteiger partial charge < -0.3 is 15.4 Å². The predicted octanol–water partition coefficient (Wildman–Crippen LogP) is 1.62. The zero-order chi connectivity index (χ0) is 21.1. The fraction of sp³-hybridized carbons (Fsp3) is 0.200. The second kappa shape index (κ2) is 11.5. The van der Waals surface area contributed by atoms with Gasteiger partial charge in [-0.25, -0.2) is 5.43 Å². The average Bonchev–Trinajstić information content (AvgIpc) is 2.72. The van der Waals surface area contributed by atoms with E-state index in [1.807, 2.05) is 30.3 Å². The van der Waals surface area contributed by atoms with Crippen molar-refractivity contribution >= 4 is 35.5 Å². The van der Waals surface area contributed by atoms with Crippen LogP contribution in [0.3, 0.4) is 0 Å². The first kappa shape index (κ1) is 21.9. The van der Waals surface area contributed by atoms with Gasteiger partial charge in [0.05, 0.1) is 6.21 Å². The third kappa shape index (κ3) is 7.63. The number of hydrogen-bond acceptors (Lipinski definition) is 5. The van der Waals surface area contributed by atoms with Crippen molar-refractivity contribution in [2.24, 2.45) is 5.10 Å². The normalized spacial score (nSPS) is 10.4. The topological polar surface area (TPSA) is 109 Å². The number of rotatable bonds is 8. The lowest BCUT2D eigenvalue weighted by molar-refractivity contribution is -0.139. The first-order valence-electron chi connectivity index (χ1n) is 8.83. The highest BCUT2D eigenvalue weighted by Gasteiger charge is 2.11. The summed E-state index contributed by atoms with van der Waals surface area (Å²) in [5.74, 6) is -1.63. The second-order valence-electron chi connectivity index (χ2n) is 5.79. The number of amides is 3. The molecule has 0 aliphatic heterocycles. The van der Waals surface area contributed by atoms with E-state index in [0.29, 0.717) is 29.4 Å². The lowest BCUT2D eigenvalue weighted by atomic mass is 10.2. The molecule has 0 aromatic heterocycles. The molecule has 0 heterocycles. The third-order valence-electron chi connectivity index (χ3n) is 3.58. The van der Waals surface area contributed by atoms with Gasteiger partial charge in [0.2, 0.25) is 0 Å². The van der Waals surface area contributed by atoms with Crippen LogP contribution in [0.4, 0.5) is 0 Å². The quantitative estimate of drug-likeness (QED) is 0.345. The minimum absolute atomic E-state index is 0.208. The molecule has 2 aromatic rings. The van der Waals surface area contributed by atoms with Gasteiger partial charge in [0.1, 0.15) is 5.75 Å². The molecule has 0 aliphatic rings. The fourth-order valence-electron chi connectivity index (χ4n) is 2.19. The maximum atomic E-state index is 12.0. The molecule has 9 heteroatoms. The van der Waals surface area contributed by atoms with Gasteiger partial charge in [0.15, 0.2) is 6.61 Å². The van der Waals surface area contributed by atoms with Crippen molar-refractivity contribution in [3.63, 3.8) is 0 Å². The van der Waals surface area contributed by atoms with Crippen LogP contribution >= 0.6 is 11.6 Å². The highest BCUT2D eigenvalue weighted by molar-refractivity contribution is 6.35. The number of carbonyl (C=O) groups is 3. The molecule has 0 bridgehead atoms. The summed E-state index contributed by atoms with van der Waals surface area (Å²) in [4.78, 5) is 34.9. The molecule has 0 fully saturated rings. The Kier molecular flexibility index (Phi) is 8.65. The van der Waals surface area contributed by atoms with Crippen LogP contribution in [0, 0.1) is 0 Å². The molecular formula is C20H21ClN4O4. The molecule has 0 radical (unpaired) electrons. The first-order valence-corrected chi connectivity index (χ1v) is 9.21. The van der Waals surface area contributed by atoms with E-state index in [4.69, 9.17) is 16.3 Å². The molecule has 0 saturated heterocycles. The summed E-state index contributed by atoms with van der Waals surface area (Å²) in [6.45, 7) is 2.21. The van der Waals surface area contributed by atoms with Gasteiger partial charge in [-0.15, -0.1) is 0 Å². The van der Waals surface area contributed by atoms with Crippen molar-refractivity contribution in [3.8, 4) is 5.75 Å². The van der Waals surface area contributed by atoms with Crippen molar-refractivity contribution in [2.45, 2.75) is 13.5 Å². The lowest BCUT2D eigenvalue weighted by Crippen LogP contribution is -2.37. The summed E-state index contributed by atoms with van der Waals surface area (Å²) in [5.41, 5.74) is 3.52. The molecule has 0 aliphatic carbocycles. The van der Waals surface area contributed by atoms with Crippen LogP contribution in [0.15, 0.2) is 53.6 Å². The molecule has 2 aromatic carbocycles. The lowest BCUT2D eigenvalue weighted by Gasteiger charge is -2.10. The van der Waals surface area contributed by atoms with Crippen LogP contribution < -0.4 is 20.8 Å². The summed E-state index contributed by atoms with van der Waals surface area (Å²) in [5, 5.41) is 9.26. The molecule has 29 heavy (non-hydrogen) atoms. The monoisotopic (exact) mass is 416 g/mol. The standard InChI is InChI=1S/C20H21ClN4O4/c1-2-22-19(27)20(28)25-24-12-15-10-16(21)8-9-17(15)29-13-18(26)23-11-14-6-4-3-5-7-14/h3-10,12H,2,11,13H2,1H3,(H,22,27)(H,23,26)(H,25,28)/b24-12-. The Bertz CT molecular complexity index is 887. The van der Waals surface area contributed by atoms with Crippen LogP contribution in [-0.4, -0.2) is 37.1 Å². The molecule has 0 spiro atoms. The largest absolute Gasteiger partial charge is 0.483 e. The average molecular weight is 417 g/mol. The Hall–Kier alpha value is -3.39.